The van der Waals surface area contributed by atoms with Gasteiger partial charge in [-0.25, -0.2) is 4.79 Å². The number of hydrogen-bond donors (Lipinski definition) is 2. The maximum Gasteiger partial charge on any atom is 0.322 e. The lowest BCUT2D eigenvalue weighted by Crippen LogP contribution is -2.55. The third-order valence-corrected chi connectivity index (χ3v) is 7.66. The standard InChI is InChI=1S/C20H27N3O3S/c1-19(2,3)13-4-5-14-12(10-13)11-15(27-14)16(24)23-8-6-20(7-9-23)17(25)21-18(26)22-20/h11,13H,4-10H2,1-3H3,(H2,21,22,25,26)/t13-/m0/s1. The van der Waals surface area contributed by atoms with Gasteiger partial charge in [0.15, 0.2) is 0 Å². The van der Waals surface area contributed by atoms with Crippen LogP contribution in [0.1, 0.15) is 60.1 Å². The summed E-state index contributed by atoms with van der Waals surface area (Å²) >= 11 is 1.63. The van der Waals surface area contributed by atoms with Gasteiger partial charge in [0.1, 0.15) is 5.54 Å². The summed E-state index contributed by atoms with van der Waals surface area (Å²) in [5.74, 6) is 0.447. The fraction of sp³-hybridized carbons (Fsp3) is 0.650. The van der Waals surface area contributed by atoms with Crippen LogP contribution in [0.3, 0.4) is 0 Å². The average Bonchev–Trinajstić information content (AvgIpc) is 3.14. The normalized spacial score (nSPS) is 24.6. The van der Waals surface area contributed by atoms with Gasteiger partial charge < -0.3 is 10.2 Å². The number of carbonyl (C=O) groups excluding carboxylic acids is 3. The number of nitrogens with one attached hydrogen (secondary N) is 2. The molecule has 1 atom stereocenters. The first-order valence-electron chi connectivity index (χ1n) is 9.72. The molecular weight excluding hydrogens is 362 g/mol. The Morgan fingerprint density at radius 2 is 1.96 bits per heavy atom. The molecule has 146 valence electrons. The van der Waals surface area contributed by atoms with E-state index in [1.807, 2.05) is 4.90 Å². The van der Waals surface area contributed by atoms with Gasteiger partial charge in [-0.3, -0.25) is 14.9 Å². The molecule has 3 heterocycles. The van der Waals surface area contributed by atoms with E-state index in [0.29, 0.717) is 31.8 Å². The minimum atomic E-state index is -0.831. The molecule has 2 aliphatic heterocycles. The van der Waals surface area contributed by atoms with Crippen molar-refractivity contribution in [1.29, 1.82) is 0 Å². The average molecular weight is 390 g/mol. The number of rotatable bonds is 1. The van der Waals surface area contributed by atoms with Crippen molar-refractivity contribution < 1.29 is 14.4 Å². The second-order valence-corrected chi connectivity index (χ2v) is 10.3. The fourth-order valence-corrected chi connectivity index (χ4v) is 5.67. The van der Waals surface area contributed by atoms with E-state index in [-0.39, 0.29) is 17.2 Å². The van der Waals surface area contributed by atoms with E-state index >= 15 is 0 Å². The number of urea groups is 1. The summed E-state index contributed by atoms with van der Waals surface area (Å²) in [7, 11) is 0. The summed E-state index contributed by atoms with van der Waals surface area (Å²) in [5.41, 5.74) is 0.796. The summed E-state index contributed by atoms with van der Waals surface area (Å²) in [5, 5.41) is 5.05. The van der Waals surface area contributed by atoms with Crippen molar-refractivity contribution in [3.63, 3.8) is 0 Å². The molecule has 1 aromatic rings. The first kappa shape index (κ1) is 18.5. The van der Waals surface area contributed by atoms with Crippen LogP contribution in [0.15, 0.2) is 6.07 Å². The van der Waals surface area contributed by atoms with Crippen molar-refractivity contribution >= 4 is 29.2 Å². The lowest BCUT2D eigenvalue weighted by Gasteiger charge is -2.36. The van der Waals surface area contributed by atoms with E-state index in [9.17, 15) is 14.4 Å². The smallest absolute Gasteiger partial charge is 0.322 e. The van der Waals surface area contributed by atoms with Crippen LogP contribution in [0.2, 0.25) is 0 Å². The number of likely N-dealkylation sites (tertiary alicyclic amines) is 1. The molecule has 7 heteroatoms. The highest BCUT2D eigenvalue weighted by atomic mass is 32.1. The first-order valence-corrected chi connectivity index (χ1v) is 10.5. The van der Waals surface area contributed by atoms with Gasteiger partial charge in [-0.15, -0.1) is 11.3 Å². The predicted octanol–water partition coefficient (Wildman–Crippen LogP) is 2.71. The van der Waals surface area contributed by atoms with Crippen molar-refractivity contribution in [1.82, 2.24) is 15.5 Å². The molecule has 4 amide bonds. The van der Waals surface area contributed by atoms with Crippen LogP contribution in [0, 0.1) is 11.3 Å². The minimum Gasteiger partial charge on any atom is -0.338 e. The fourth-order valence-electron chi connectivity index (χ4n) is 4.50. The van der Waals surface area contributed by atoms with Crippen LogP contribution in [0.25, 0.3) is 0 Å². The van der Waals surface area contributed by atoms with Gasteiger partial charge in [0.05, 0.1) is 4.88 Å². The third-order valence-electron chi connectivity index (χ3n) is 6.44. The van der Waals surface area contributed by atoms with Gasteiger partial charge in [0.25, 0.3) is 11.8 Å². The Morgan fingerprint density at radius 3 is 2.56 bits per heavy atom. The minimum absolute atomic E-state index is 0.0568. The molecule has 2 N–H and O–H groups in total. The molecule has 0 saturated carbocycles. The maximum atomic E-state index is 13.0. The highest BCUT2D eigenvalue weighted by Crippen LogP contribution is 2.40. The highest BCUT2D eigenvalue weighted by molar-refractivity contribution is 7.14. The van der Waals surface area contributed by atoms with Crippen molar-refractivity contribution in [2.24, 2.45) is 11.3 Å². The predicted molar refractivity (Wildman–Crippen MR) is 104 cm³/mol. The third kappa shape index (κ3) is 3.26. The second kappa shape index (κ2) is 6.33. The number of aryl methyl sites for hydroxylation is 1. The number of piperidine rings is 1. The largest absolute Gasteiger partial charge is 0.338 e. The molecular formula is C20H27N3O3S. The molecule has 4 rings (SSSR count). The van der Waals surface area contributed by atoms with E-state index in [1.165, 1.54) is 16.9 Å². The zero-order valence-corrected chi connectivity index (χ0v) is 17.0. The van der Waals surface area contributed by atoms with E-state index in [4.69, 9.17) is 0 Å². The SMILES string of the molecule is CC(C)(C)[C@H]1CCc2sc(C(=O)N3CCC4(CC3)NC(=O)NC4=O)cc2C1. The number of imide groups is 1. The summed E-state index contributed by atoms with van der Waals surface area (Å²) in [6.45, 7) is 7.85. The molecule has 1 spiro atoms. The van der Waals surface area contributed by atoms with Crippen molar-refractivity contribution in [3.05, 3.63) is 21.4 Å². The van der Waals surface area contributed by atoms with Crippen molar-refractivity contribution in [3.8, 4) is 0 Å². The Hall–Kier alpha value is -1.89. The Balaban J connectivity index is 1.44. The van der Waals surface area contributed by atoms with Gasteiger partial charge in [0.2, 0.25) is 0 Å². The molecule has 0 unspecified atom stereocenters. The van der Waals surface area contributed by atoms with E-state index in [0.717, 1.165) is 17.7 Å². The summed E-state index contributed by atoms with van der Waals surface area (Å²) in [6.07, 6.45) is 4.23. The van der Waals surface area contributed by atoms with Crippen LogP contribution >= 0.6 is 11.3 Å². The van der Waals surface area contributed by atoms with Gasteiger partial charge in [-0.05, 0) is 55.1 Å². The second-order valence-electron chi connectivity index (χ2n) is 9.15. The number of hydrogen-bond acceptors (Lipinski definition) is 4. The summed E-state index contributed by atoms with van der Waals surface area (Å²) < 4.78 is 0. The molecule has 2 saturated heterocycles. The molecule has 6 nitrogen and oxygen atoms in total. The molecule has 2 fully saturated rings. The van der Waals surface area contributed by atoms with Gasteiger partial charge in [0, 0.05) is 18.0 Å². The van der Waals surface area contributed by atoms with Gasteiger partial charge >= 0.3 is 6.03 Å². The van der Waals surface area contributed by atoms with Crippen LogP contribution < -0.4 is 10.6 Å². The quantitative estimate of drug-likeness (QED) is 0.725. The topological polar surface area (TPSA) is 78.5 Å². The number of carbonyl (C=O) groups is 3. The molecule has 1 aliphatic carbocycles. The summed E-state index contributed by atoms with van der Waals surface area (Å²) in [4.78, 5) is 40.5. The van der Waals surface area contributed by atoms with E-state index < -0.39 is 11.6 Å². The number of fused-ring (bicyclic) bond motifs is 1. The maximum absolute atomic E-state index is 13.0. The van der Waals surface area contributed by atoms with Crippen molar-refractivity contribution in [2.45, 2.75) is 58.4 Å². The molecule has 0 bridgehead atoms. The Bertz CT molecular complexity index is 800. The number of thiophene rings is 1. The number of amides is 4. The summed E-state index contributed by atoms with van der Waals surface area (Å²) in [6, 6.07) is 1.66. The lowest BCUT2D eigenvalue weighted by molar-refractivity contribution is -0.125. The van der Waals surface area contributed by atoms with Crippen molar-refractivity contribution in [2.75, 3.05) is 13.1 Å². The van der Waals surface area contributed by atoms with E-state index in [1.54, 1.807) is 11.3 Å². The van der Waals surface area contributed by atoms with Crippen LogP contribution in [0.4, 0.5) is 4.79 Å². The first-order chi connectivity index (χ1) is 12.7. The monoisotopic (exact) mass is 389 g/mol. The highest BCUT2D eigenvalue weighted by Gasteiger charge is 2.48. The molecule has 0 radical (unpaired) electrons. The molecule has 0 aromatic carbocycles. The van der Waals surface area contributed by atoms with Crippen LogP contribution in [0.5, 0.6) is 0 Å². The Labute approximate surface area is 163 Å². The number of nitrogens with zero attached hydrogens (tertiary/aromatic N) is 1. The van der Waals surface area contributed by atoms with Gasteiger partial charge in [-0.2, -0.15) is 0 Å². The Morgan fingerprint density at radius 1 is 1.26 bits per heavy atom. The van der Waals surface area contributed by atoms with Gasteiger partial charge in [-0.1, -0.05) is 20.8 Å². The van der Waals surface area contributed by atoms with Crippen LogP contribution in [-0.4, -0.2) is 41.4 Å². The van der Waals surface area contributed by atoms with Crippen LogP contribution in [-0.2, 0) is 17.6 Å². The molecule has 27 heavy (non-hydrogen) atoms. The zero-order chi connectivity index (χ0) is 19.4. The van der Waals surface area contributed by atoms with E-state index in [2.05, 4.69) is 37.5 Å². The Kier molecular flexibility index (Phi) is 4.33. The zero-order valence-electron chi connectivity index (χ0n) is 16.2. The molecule has 3 aliphatic rings. The molecule has 1 aromatic heterocycles. The lowest BCUT2D eigenvalue weighted by atomic mass is 9.72.